The standard InChI is InChI=1S/C52H38N4/c1-54-51(40-21-10-4-11-22-40)50(39-19-8-3-9-20-39)53-52(54)41-31-35-44(36-32-41)56-46-26-15-14-25-45(46)49-47(27-16-28-48(49)56)55(42-23-12-5-13-24-42)43-33-29-38(30-34-43)37-17-6-2-7-18-37/h2-36H,1H3. The third-order valence-corrected chi connectivity index (χ3v) is 10.7. The number of aromatic nitrogens is 3. The fourth-order valence-electron chi connectivity index (χ4n) is 8.14. The number of hydrogen-bond donors (Lipinski definition) is 0. The molecule has 8 aromatic carbocycles. The highest BCUT2D eigenvalue weighted by molar-refractivity contribution is 6.16. The predicted octanol–water partition coefficient (Wildman–Crippen LogP) is 13.7. The van der Waals surface area contributed by atoms with Crippen LogP contribution in [0.25, 0.3) is 72.5 Å². The molecule has 0 saturated carbocycles. The van der Waals surface area contributed by atoms with Crippen LogP contribution in [0.2, 0.25) is 0 Å². The van der Waals surface area contributed by atoms with Crippen LogP contribution in [0, 0.1) is 0 Å². The molecule has 0 N–H and O–H groups in total. The minimum absolute atomic E-state index is 0.926. The second-order valence-electron chi connectivity index (χ2n) is 14.1. The number of anilines is 3. The fourth-order valence-corrected chi connectivity index (χ4v) is 8.14. The summed E-state index contributed by atoms with van der Waals surface area (Å²) < 4.78 is 4.62. The predicted molar refractivity (Wildman–Crippen MR) is 234 cm³/mol. The van der Waals surface area contributed by atoms with Crippen LogP contribution in [0.15, 0.2) is 212 Å². The maximum atomic E-state index is 5.28. The van der Waals surface area contributed by atoms with E-state index in [1.165, 1.54) is 21.9 Å². The normalized spacial score (nSPS) is 11.3. The first kappa shape index (κ1) is 33.2. The average Bonchev–Trinajstić information content (AvgIpc) is 3.80. The van der Waals surface area contributed by atoms with Crippen molar-refractivity contribution in [1.82, 2.24) is 14.1 Å². The molecule has 0 aliphatic carbocycles. The molecular formula is C52H38N4. The van der Waals surface area contributed by atoms with Crippen LogP contribution in [-0.2, 0) is 7.05 Å². The van der Waals surface area contributed by atoms with Crippen molar-refractivity contribution < 1.29 is 0 Å². The summed E-state index contributed by atoms with van der Waals surface area (Å²) in [5.41, 5.74) is 14.5. The number of fused-ring (bicyclic) bond motifs is 3. The summed E-state index contributed by atoms with van der Waals surface area (Å²) in [6, 6.07) is 75.4. The van der Waals surface area contributed by atoms with Gasteiger partial charge in [-0.2, -0.15) is 0 Å². The van der Waals surface area contributed by atoms with Crippen molar-refractivity contribution >= 4 is 38.9 Å². The van der Waals surface area contributed by atoms with Crippen molar-refractivity contribution in [2.45, 2.75) is 0 Å². The van der Waals surface area contributed by atoms with Gasteiger partial charge < -0.3 is 14.0 Å². The zero-order valence-corrected chi connectivity index (χ0v) is 31.0. The van der Waals surface area contributed by atoms with Crippen LogP contribution in [0.1, 0.15) is 0 Å². The van der Waals surface area contributed by atoms with Gasteiger partial charge >= 0.3 is 0 Å². The summed E-state index contributed by atoms with van der Waals surface area (Å²) in [5.74, 6) is 0.926. The Kier molecular flexibility index (Phi) is 8.34. The summed E-state index contributed by atoms with van der Waals surface area (Å²) in [4.78, 5) is 7.66. The van der Waals surface area contributed by atoms with Gasteiger partial charge in [0.05, 0.1) is 28.1 Å². The highest BCUT2D eigenvalue weighted by atomic mass is 15.1. The zero-order valence-electron chi connectivity index (χ0n) is 31.0. The van der Waals surface area contributed by atoms with Crippen molar-refractivity contribution in [3.8, 4) is 50.7 Å². The van der Waals surface area contributed by atoms with Crippen molar-refractivity contribution in [3.05, 3.63) is 212 Å². The summed E-state index contributed by atoms with van der Waals surface area (Å²) in [6.45, 7) is 0. The van der Waals surface area contributed by atoms with E-state index in [0.29, 0.717) is 0 Å². The van der Waals surface area contributed by atoms with Gasteiger partial charge in [0.1, 0.15) is 5.82 Å². The Morgan fingerprint density at radius 3 is 1.61 bits per heavy atom. The number of nitrogens with zero attached hydrogens (tertiary/aromatic N) is 4. The zero-order chi connectivity index (χ0) is 37.4. The smallest absolute Gasteiger partial charge is 0.140 e. The summed E-state index contributed by atoms with van der Waals surface area (Å²) in [7, 11) is 2.12. The molecule has 266 valence electrons. The Morgan fingerprint density at radius 1 is 0.411 bits per heavy atom. The molecule has 10 rings (SSSR count). The third kappa shape index (κ3) is 5.76. The number of para-hydroxylation sites is 2. The maximum Gasteiger partial charge on any atom is 0.140 e. The Labute approximate surface area is 326 Å². The highest BCUT2D eigenvalue weighted by Gasteiger charge is 2.22. The molecule has 0 atom stereocenters. The maximum absolute atomic E-state index is 5.28. The number of rotatable bonds is 8. The summed E-state index contributed by atoms with van der Waals surface area (Å²) >= 11 is 0. The molecular weight excluding hydrogens is 681 g/mol. The van der Waals surface area contributed by atoms with E-state index in [2.05, 4.69) is 227 Å². The molecule has 0 bridgehead atoms. The van der Waals surface area contributed by atoms with Crippen molar-refractivity contribution in [3.63, 3.8) is 0 Å². The van der Waals surface area contributed by atoms with E-state index in [-0.39, 0.29) is 0 Å². The van der Waals surface area contributed by atoms with Gasteiger partial charge in [0.25, 0.3) is 0 Å². The lowest BCUT2D eigenvalue weighted by molar-refractivity contribution is 0.933. The second kappa shape index (κ2) is 14.1. The van der Waals surface area contributed by atoms with Crippen LogP contribution in [-0.4, -0.2) is 14.1 Å². The molecule has 4 nitrogen and oxygen atoms in total. The van der Waals surface area contributed by atoms with Crippen LogP contribution in [0.3, 0.4) is 0 Å². The molecule has 0 unspecified atom stereocenters. The minimum atomic E-state index is 0.926. The van der Waals surface area contributed by atoms with E-state index in [1.54, 1.807) is 0 Å². The highest BCUT2D eigenvalue weighted by Crippen LogP contribution is 2.44. The van der Waals surface area contributed by atoms with Crippen molar-refractivity contribution in [2.24, 2.45) is 7.05 Å². The molecule has 56 heavy (non-hydrogen) atoms. The van der Waals surface area contributed by atoms with E-state index in [4.69, 9.17) is 4.98 Å². The van der Waals surface area contributed by atoms with Crippen molar-refractivity contribution in [2.75, 3.05) is 4.90 Å². The lowest BCUT2D eigenvalue weighted by atomic mass is 10.0. The second-order valence-corrected chi connectivity index (χ2v) is 14.1. The molecule has 0 aliphatic rings. The minimum Gasteiger partial charge on any atom is -0.327 e. The quantitative estimate of drug-likeness (QED) is 0.156. The molecule has 2 aromatic heterocycles. The van der Waals surface area contributed by atoms with Gasteiger partial charge in [-0.05, 0) is 77.9 Å². The van der Waals surface area contributed by atoms with Gasteiger partial charge in [-0.3, -0.25) is 0 Å². The monoisotopic (exact) mass is 718 g/mol. The summed E-state index contributed by atoms with van der Waals surface area (Å²) in [6.07, 6.45) is 0. The van der Waals surface area contributed by atoms with Gasteiger partial charge in [0, 0.05) is 51.6 Å². The Bertz CT molecular complexity index is 2930. The third-order valence-electron chi connectivity index (χ3n) is 10.7. The summed E-state index contributed by atoms with van der Waals surface area (Å²) in [5, 5.41) is 2.40. The van der Waals surface area contributed by atoms with Crippen LogP contribution in [0.4, 0.5) is 17.1 Å². The number of benzene rings is 8. The number of imidazole rings is 1. The lowest BCUT2D eigenvalue weighted by Gasteiger charge is -2.26. The van der Waals surface area contributed by atoms with Crippen molar-refractivity contribution in [1.29, 1.82) is 0 Å². The molecule has 0 fully saturated rings. The first-order valence-electron chi connectivity index (χ1n) is 19.0. The molecule has 4 heteroatoms. The first-order valence-corrected chi connectivity index (χ1v) is 19.0. The first-order chi connectivity index (χ1) is 27.7. The number of hydrogen-bond acceptors (Lipinski definition) is 2. The topological polar surface area (TPSA) is 26.0 Å². The Morgan fingerprint density at radius 2 is 0.929 bits per heavy atom. The van der Waals surface area contributed by atoms with Crippen LogP contribution in [0.5, 0.6) is 0 Å². The van der Waals surface area contributed by atoms with E-state index in [9.17, 15) is 0 Å². The van der Waals surface area contributed by atoms with Crippen LogP contribution < -0.4 is 4.90 Å². The van der Waals surface area contributed by atoms with Gasteiger partial charge in [-0.1, -0.05) is 146 Å². The van der Waals surface area contributed by atoms with Gasteiger partial charge in [-0.25, -0.2) is 4.98 Å². The van der Waals surface area contributed by atoms with E-state index in [0.717, 1.165) is 67.7 Å². The molecule has 0 radical (unpaired) electrons. The molecule has 2 heterocycles. The molecule has 0 spiro atoms. The fraction of sp³-hybridized carbons (Fsp3) is 0.0192. The van der Waals surface area contributed by atoms with Crippen LogP contribution >= 0.6 is 0 Å². The lowest BCUT2D eigenvalue weighted by Crippen LogP contribution is -2.10. The largest absolute Gasteiger partial charge is 0.327 e. The van der Waals surface area contributed by atoms with Gasteiger partial charge in [0.2, 0.25) is 0 Å². The Hall–Kier alpha value is -7.43. The molecule has 10 aromatic rings. The molecule has 0 amide bonds. The molecule has 0 aliphatic heterocycles. The van der Waals surface area contributed by atoms with Gasteiger partial charge in [0.15, 0.2) is 0 Å². The van der Waals surface area contributed by atoms with E-state index < -0.39 is 0 Å². The Balaban J connectivity index is 1.10. The SMILES string of the molecule is Cn1c(-c2ccc(-n3c4ccccc4c4c(N(c5ccccc5)c5ccc(-c6ccccc6)cc5)cccc43)cc2)nc(-c2ccccc2)c1-c1ccccc1. The van der Waals surface area contributed by atoms with E-state index >= 15 is 0 Å². The average molecular weight is 719 g/mol. The molecule has 0 saturated heterocycles. The van der Waals surface area contributed by atoms with Gasteiger partial charge in [-0.15, -0.1) is 0 Å². The van der Waals surface area contributed by atoms with E-state index in [1.807, 2.05) is 6.07 Å².